The molecule has 1 aliphatic rings. The molecule has 7 heteroatoms. The lowest BCUT2D eigenvalue weighted by Gasteiger charge is -2.17. The van der Waals surface area contributed by atoms with Gasteiger partial charge in [-0.05, 0) is 18.2 Å². The summed E-state index contributed by atoms with van der Waals surface area (Å²) in [4.78, 5) is 0. The van der Waals surface area contributed by atoms with Crippen LogP contribution >= 0.6 is 0 Å². The van der Waals surface area contributed by atoms with Crippen molar-refractivity contribution in [3.63, 3.8) is 0 Å². The van der Waals surface area contributed by atoms with Gasteiger partial charge in [0.1, 0.15) is 18.2 Å². The van der Waals surface area contributed by atoms with E-state index in [-0.39, 0.29) is 12.4 Å². The number of rotatable bonds is 4. The van der Waals surface area contributed by atoms with Crippen molar-refractivity contribution in [1.82, 2.24) is 0 Å². The van der Waals surface area contributed by atoms with Crippen LogP contribution in [0.25, 0.3) is 0 Å². The average molecular weight is 267 g/mol. The quantitative estimate of drug-likeness (QED) is 0.684. The highest BCUT2D eigenvalue weighted by Gasteiger charge is 2.19. The van der Waals surface area contributed by atoms with Crippen LogP contribution in [0.3, 0.4) is 0 Å². The van der Waals surface area contributed by atoms with Gasteiger partial charge in [-0.3, -0.25) is 4.72 Å². The zero-order valence-corrected chi connectivity index (χ0v) is 10.3. The zero-order chi connectivity index (χ0) is 13.0. The summed E-state index contributed by atoms with van der Waals surface area (Å²) < 4.78 is 23.3. The second-order valence-corrected chi connectivity index (χ2v) is 4.36. The molecular formula is C11H13N3O3S. The minimum Gasteiger partial charge on any atom is -0.489 e. The Balaban J connectivity index is 2.24. The number of nitrogens with zero attached hydrogens (tertiary/aromatic N) is 1. The predicted molar refractivity (Wildman–Crippen MR) is 70.7 cm³/mol. The fourth-order valence-corrected chi connectivity index (χ4v) is 2.21. The second kappa shape index (κ2) is 5.65. The van der Waals surface area contributed by atoms with E-state index in [1.807, 2.05) is 0 Å². The summed E-state index contributed by atoms with van der Waals surface area (Å²) in [5.41, 5.74) is 6.98. The molecule has 0 saturated carbocycles. The van der Waals surface area contributed by atoms with Crippen molar-refractivity contribution in [2.75, 3.05) is 17.9 Å². The Kier molecular flexibility index (Phi) is 3.96. The number of fused-ring (bicyclic) bond motifs is 1. The SMILES string of the molecule is NC1=NS(=O)Nc2cccc(OC/C=C/CO)c21. The number of aliphatic hydroxyl groups excluding tert-OH is 1. The number of ether oxygens (including phenoxy) is 1. The maximum atomic E-state index is 11.3. The number of benzene rings is 1. The molecule has 0 aliphatic carbocycles. The van der Waals surface area contributed by atoms with Crippen LogP contribution < -0.4 is 15.2 Å². The molecule has 1 aliphatic heterocycles. The average Bonchev–Trinajstić information content (AvgIpc) is 2.34. The van der Waals surface area contributed by atoms with Crippen molar-refractivity contribution in [3.05, 3.63) is 35.9 Å². The fourth-order valence-electron chi connectivity index (χ4n) is 1.53. The largest absolute Gasteiger partial charge is 0.489 e. The molecule has 0 aromatic heterocycles. The molecule has 1 atom stereocenters. The molecule has 0 radical (unpaired) electrons. The van der Waals surface area contributed by atoms with E-state index in [1.54, 1.807) is 30.4 Å². The first kappa shape index (κ1) is 12.6. The van der Waals surface area contributed by atoms with E-state index in [9.17, 15) is 4.21 Å². The van der Waals surface area contributed by atoms with Crippen LogP contribution in [0.15, 0.2) is 34.7 Å². The molecule has 1 aromatic carbocycles. The summed E-state index contributed by atoms with van der Waals surface area (Å²) in [7, 11) is 0. The molecule has 1 aromatic rings. The van der Waals surface area contributed by atoms with Crippen molar-refractivity contribution < 1.29 is 14.1 Å². The molecule has 1 unspecified atom stereocenters. The summed E-state index contributed by atoms with van der Waals surface area (Å²) in [6, 6.07) is 5.28. The van der Waals surface area contributed by atoms with Crippen LogP contribution in [-0.4, -0.2) is 28.4 Å². The first-order valence-electron chi connectivity index (χ1n) is 5.27. The van der Waals surface area contributed by atoms with Crippen molar-refractivity contribution >= 4 is 22.7 Å². The lowest BCUT2D eigenvalue weighted by molar-refractivity contribution is 0.336. The number of hydrogen-bond acceptors (Lipinski definition) is 4. The fraction of sp³-hybridized carbons (Fsp3) is 0.182. The molecule has 2 rings (SSSR count). The van der Waals surface area contributed by atoms with E-state index in [0.717, 1.165) is 0 Å². The summed E-state index contributed by atoms with van der Waals surface area (Å²) in [6.45, 7) is 0.285. The summed E-state index contributed by atoms with van der Waals surface area (Å²) >= 11 is -1.54. The number of hydrogen-bond donors (Lipinski definition) is 3. The molecule has 6 nitrogen and oxygen atoms in total. The summed E-state index contributed by atoms with van der Waals surface area (Å²) in [5.74, 6) is 0.740. The minimum atomic E-state index is -1.54. The highest BCUT2D eigenvalue weighted by Crippen LogP contribution is 2.29. The van der Waals surface area contributed by atoms with Gasteiger partial charge in [0.05, 0.1) is 17.9 Å². The van der Waals surface area contributed by atoms with Crippen LogP contribution in [0.4, 0.5) is 5.69 Å². The third-order valence-electron chi connectivity index (χ3n) is 2.27. The van der Waals surface area contributed by atoms with Gasteiger partial charge in [-0.1, -0.05) is 12.1 Å². The van der Waals surface area contributed by atoms with Crippen LogP contribution in [0.2, 0.25) is 0 Å². The van der Waals surface area contributed by atoms with E-state index in [2.05, 4.69) is 9.12 Å². The predicted octanol–water partition coefficient (Wildman–Crippen LogP) is 0.323. The van der Waals surface area contributed by atoms with Crippen LogP contribution in [-0.2, 0) is 11.2 Å². The highest BCUT2D eigenvalue weighted by atomic mass is 32.2. The standard InChI is InChI=1S/C11H13N3O3S/c12-11-10-8(13-18(16)14-11)4-3-5-9(10)17-7-2-1-6-15/h1-5,13,15H,6-7H2,(H2,12,14)/b2-1+. The van der Waals surface area contributed by atoms with Gasteiger partial charge >= 0.3 is 0 Å². The Bertz CT molecular complexity index is 528. The minimum absolute atomic E-state index is 0.0274. The maximum Gasteiger partial charge on any atom is 0.245 e. The summed E-state index contributed by atoms with van der Waals surface area (Å²) in [6.07, 6.45) is 3.28. The van der Waals surface area contributed by atoms with Gasteiger partial charge < -0.3 is 15.6 Å². The Morgan fingerprint density at radius 2 is 2.33 bits per heavy atom. The van der Waals surface area contributed by atoms with Crippen molar-refractivity contribution in [1.29, 1.82) is 0 Å². The number of nitrogens with two attached hydrogens (primary N) is 1. The Hall–Kier alpha value is -1.86. The normalized spacial score (nSPS) is 18.1. The Morgan fingerprint density at radius 1 is 1.50 bits per heavy atom. The van der Waals surface area contributed by atoms with E-state index >= 15 is 0 Å². The van der Waals surface area contributed by atoms with Gasteiger partial charge in [0.2, 0.25) is 11.2 Å². The van der Waals surface area contributed by atoms with E-state index < -0.39 is 11.2 Å². The smallest absolute Gasteiger partial charge is 0.245 e. The van der Waals surface area contributed by atoms with Gasteiger partial charge in [-0.2, -0.15) is 4.40 Å². The molecule has 0 amide bonds. The monoisotopic (exact) mass is 267 g/mol. The van der Waals surface area contributed by atoms with Crippen molar-refractivity contribution in [2.45, 2.75) is 0 Å². The molecule has 0 saturated heterocycles. The number of aliphatic hydroxyl groups is 1. The van der Waals surface area contributed by atoms with Gasteiger partial charge in [0.25, 0.3) is 0 Å². The maximum absolute atomic E-state index is 11.3. The Labute approximate surface area is 107 Å². The number of nitrogens with one attached hydrogen (secondary N) is 1. The lowest BCUT2D eigenvalue weighted by atomic mass is 10.1. The molecular weight excluding hydrogens is 254 g/mol. The number of amidine groups is 1. The van der Waals surface area contributed by atoms with Crippen LogP contribution in [0.5, 0.6) is 5.75 Å². The first-order valence-corrected chi connectivity index (χ1v) is 6.38. The van der Waals surface area contributed by atoms with Gasteiger partial charge in [0, 0.05) is 0 Å². The Morgan fingerprint density at radius 3 is 3.11 bits per heavy atom. The molecule has 4 N–H and O–H groups in total. The molecule has 1 heterocycles. The lowest BCUT2D eigenvalue weighted by Crippen LogP contribution is -2.24. The third-order valence-corrected chi connectivity index (χ3v) is 3.03. The molecule has 0 spiro atoms. The van der Waals surface area contributed by atoms with Crippen LogP contribution in [0, 0.1) is 0 Å². The van der Waals surface area contributed by atoms with Crippen molar-refractivity contribution in [2.24, 2.45) is 10.1 Å². The van der Waals surface area contributed by atoms with Crippen molar-refractivity contribution in [3.8, 4) is 5.75 Å². The third kappa shape index (κ3) is 2.69. The topological polar surface area (TPSA) is 96.9 Å². The summed E-state index contributed by atoms with van der Waals surface area (Å²) in [5, 5.41) is 8.60. The second-order valence-electron chi connectivity index (χ2n) is 3.47. The highest BCUT2D eigenvalue weighted by molar-refractivity contribution is 7.85. The van der Waals surface area contributed by atoms with Gasteiger partial charge in [0.15, 0.2) is 0 Å². The van der Waals surface area contributed by atoms with Gasteiger partial charge in [-0.15, -0.1) is 0 Å². The molecule has 0 fully saturated rings. The first-order chi connectivity index (χ1) is 8.72. The van der Waals surface area contributed by atoms with E-state index in [4.69, 9.17) is 15.6 Å². The van der Waals surface area contributed by atoms with E-state index in [1.165, 1.54) is 0 Å². The molecule has 96 valence electrons. The molecule has 0 bridgehead atoms. The molecule has 18 heavy (non-hydrogen) atoms. The van der Waals surface area contributed by atoms with Crippen LogP contribution in [0.1, 0.15) is 5.56 Å². The van der Waals surface area contributed by atoms with Gasteiger partial charge in [-0.25, -0.2) is 4.21 Å². The van der Waals surface area contributed by atoms with E-state index in [0.29, 0.717) is 23.6 Å². The zero-order valence-electron chi connectivity index (χ0n) is 9.50. The number of anilines is 1.